The van der Waals surface area contributed by atoms with Crippen molar-refractivity contribution in [2.24, 2.45) is 0 Å². The number of ketones is 1. The number of hydrogen-bond donors (Lipinski definition) is 0. The number of Topliss-reactive ketones (excluding diaryl/α,β-unsaturated/α-hetero) is 1. The smallest absolute Gasteiger partial charge is 0.306 e. The van der Waals surface area contributed by atoms with Gasteiger partial charge in [-0.25, -0.2) is 4.39 Å². The molecule has 25 heavy (non-hydrogen) atoms. The van der Waals surface area contributed by atoms with E-state index in [-0.39, 0.29) is 31.0 Å². The van der Waals surface area contributed by atoms with E-state index < -0.39 is 5.97 Å². The van der Waals surface area contributed by atoms with E-state index in [2.05, 4.69) is 0 Å². The third-order valence-corrected chi connectivity index (χ3v) is 3.73. The number of benzene rings is 2. The van der Waals surface area contributed by atoms with Gasteiger partial charge in [-0.2, -0.15) is 0 Å². The zero-order valence-electron chi connectivity index (χ0n) is 13.5. The Balaban J connectivity index is 1.48. The Labute approximate surface area is 144 Å². The number of carbonyl (C=O) groups excluding carboxylic acids is 2. The van der Waals surface area contributed by atoms with Gasteiger partial charge in [0.05, 0.1) is 6.42 Å². The molecule has 1 heterocycles. The third kappa shape index (κ3) is 4.56. The Kier molecular flexibility index (Phi) is 5.28. The Morgan fingerprint density at radius 2 is 1.68 bits per heavy atom. The van der Waals surface area contributed by atoms with Gasteiger partial charge in [-0.15, -0.1) is 0 Å². The molecule has 0 fully saturated rings. The van der Waals surface area contributed by atoms with Crippen molar-refractivity contribution in [3.05, 3.63) is 59.4 Å². The van der Waals surface area contributed by atoms with Crippen LogP contribution in [-0.4, -0.2) is 25.0 Å². The Morgan fingerprint density at radius 3 is 2.44 bits per heavy atom. The molecular formula is C19H17FO5. The summed E-state index contributed by atoms with van der Waals surface area (Å²) in [4.78, 5) is 24.0. The molecule has 2 aromatic rings. The lowest BCUT2D eigenvalue weighted by Crippen LogP contribution is -2.16. The topological polar surface area (TPSA) is 61.8 Å². The number of hydrogen-bond acceptors (Lipinski definition) is 5. The van der Waals surface area contributed by atoms with E-state index in [4.69, 9.17) is 14.2 Å². The van der Waals surface area contributed by atoms with Gasteiger partial charge in [0.1, 0.15) is 25.6 Å². The normalized spacial score (nSPS) is 12.5. The van der Waals surface area contributed by atoms with Crippen LogP contribution in [0.4, 0.5) is 4.39 Å². The number of esters is 1. The molecule has 0 aliphatic carbocycles. The van der Waals surface area contributed by atoms with Crippen molar-refractivity contribution in [2.75, 3.05) is 13.2 Å². The molecule has 2 aromatic carbocycles. The summed E-state index contributed by atoms with van der Waals surface area (Å²) >= 11 is 0. The molecule has 0 atom stereocenters. The van der Waals surface area contributed by atoms with Gasteiger partial charge in [0.15, 0.2) is 17.3 Å². The van der Waals surface area contributed by atoms with E-state index in [1.54, 1.807) is 30.3 Å². The number of carbonyl (C=O) groups is 2. The van der Waals surface area contributed by atoms with E-state index in [0.717, 1.165) is 0 Å². The monoisotopic (exact) mass is 344 g/mol. The standard InChI is InChI=1S/C19H17FO5/c20-15-4-1-13(2-5-15)12-25-19(22)8-6-16(21)14-3-7-17-18(11-14)24-10-9-23-17/h1-5,7,11H,6,8-10,12H2. The predicted octanol–water partition coefficient (Wildman–Crippen LogP) is 3.30. The van der Waals surface area contributed by atoms with Crippen LogP contribution in [0.15, 0.2) is 42.5 Å². The molecule has 0 saturated carbocycles. The van der Waals surface area contributed by atoms with Crippen molar-refractivity contribution in [3.8, 4) is 11.5 Å². The highest BCUT2D eigenvalue weighted by molar-refractivity contribution is 5.98. The summed E-state index contributed by atoms with van der Waals surface area (Å²) in [5.74, 6) is 0.156. The lowest BCUT2D eigenvalue weighted by Gasteiger charge is -2.18. The minimum absolute atomic E-state index is 0.0194. The Morgan fingerprint density at radius 1 is 0.960 bits per heavy atom. The molecule has 1 aliphatic heterocycles. The number of rotatable bonds is 6. The van der Waals surface area contributed by atoms with Gasteiger partial charge < -0.3 is 14.2 Å². The first kappa shape index (κ1) is 17.0. The molecule has 1 aliphatic rings. The molecule has 3 rings (SSSR count). The van der Waals surface area contributed by atoms with E-state index in [0.29, 0.717) is 35.8 Å². The predicted molar refractivity (Wildman–Crippen MR) is 87.2 cm³/mol. The van der Waals surface area contributed by atoms with E-state index in [9.17, 15) is 14.0 Å². The van der Waals surface area contributed by atoms with E-state index >= 15 is 0 Å². The fourth-order valence-corrected chi connectivity index (χ4v) is 2.39. The van der Waals surface area contributed by atoms with Gasteiger partial charge in [-0.3, -0.25) is 9.59 Å². The number of fused-ring (bicyclic) bond motifs is 1. The van der Waals surface area contributed by atoms with Crippen LogP contribution in [0.25, 0.3) is 0 Å². The zero-order chi connectivity index (χ0) is 17.6. The fraction of sp³-hybridized carbons (Fsp3) is 0.263. The van der Waals surface area contributed by atoms with Crippen LogP contribution in [0, 0.1) is 5.82 Å². The van der Waals surface area contributed by atoms with Crippen LogP contribution in [0.5, 0.6) is 11.5 Å². The zero-order valence-corrected chi connectivity index (χ0v) is 13.5. The average Bonchev–Trinajstić information content (AvgIpc) is 2.65. The Hall–Kier alpha value is -2.89. The summed E-state index contributed by atoms with van der Waals surface area (Å²) < 4.78 is 28.7. The van der Waals surface area contributed by atoms with Crippen LogP contribution in [0.1, 0.15) is 28.8 Å². The quantitative estimate of drug-likeness (QED) is 0.594. The molecule has 0 amide bonds. The van der Waals surface area contributed by atoms with Crippen LogP contribution < -0.4 is 9.47 Å². The second-order valence-electron chi connectivity index (χ2n) is 5.57. The van der Waals surface area contributed by atoms with Gasteiger partial charge >= 0.3 is 5.97 Å². The molecule has 0 bridgehead atoms. The second-order valence-corrected chi connectivity index (χ2v) is 5.57. The van der Waals surface area contributed by atoms with Crippen LogP contribution >= 0.6 is 0 Å². The van der Waals surface area contributed by atoms with Crippen LogP contribution in [0.2, 0.25) is 0 Å². The molecule has 5 nitrogen and oxygen atoms in total. The van der Waals surface area contributed by atoms with Gasteiger partial charge in [0.2, 0.25) is 0 Å². The van der Waals surface area contributed by atoms with Crippen molar-refractivity contribution in [1.29, 1.82) is 0 Å². The van der Waals surface area contributed by atoms with Gasteiger partial charge in [-0.05, 0) is 35.9 Å². The number of ether oxygens (including phenoxy) is 3. The highest BCUT2D eigenvalue weighted by Gasteiger charge is 2.16. The molecule has 0 aromatic heterocycles. The average molecular weight is 344 g/mol. The maximum absolute atomic E-state index is 12.8. The molecule has 6 heteroatoms. The first-order valence-electron chi connectivity index (χ1n) is 7.95. The van der Waals surface area contributed by atoms with Crippen LogP contribution in [0.3, 0.4) is 0 Å². The minimum atomic E-state index is -0.477. The minimum Gasteiger partial charge on any atom is -0.486 e. The lowest BCUT2D eigenvalue weighted by molar-refractivity contribution is -0.144. The molecule has 0 saturated heterocycles. The van der Waals surface area contributed by atoms with E-state index in [1.165, 1.54) is 12.1 Å². The maximum atomic E-state index is 12.8. The molecule has 0 spiro atoms. The summed E-state index contributed by atoms with van der Waals surface area (Å²) in [6, 6.07) is 10.7. The van der Waals surface area contributed by atoms with Crippen molar-refractivity contribution < 1.29 is 28.2 Å². The fourth-order valence-electron chi connectivity index (χ4n) is 2.39. The molecular weight excluding hydrogens is 327 g/mol. The largest absolute Gasteiger partial charge is 0.486 e. The summed E-state index contributed by atoms with van der Waals surface area (Å²) in [7, 11) is 0. The van der Waals surface area contributed by atoms with Crippen molar-refractivity contribution in [3.63, 3.8) is 0 Å². The Bertz CT molecular complexity index is 770. The molecule has 0 radical (unpaired) electrons. The lowest BCUT2D eigenvalue weighted by atomic mass is 10.1. The molecule has 0 unspecified atom stereocenters. The highest BCUT2D eigenvalue weighted by atomic mass is 19.1. The summed E-state index contributed by atoms with van der Waals surface area (Å²) in [6.07, 6.45) is 0.0242. The highest BCUT2D eigenvalue weighted by Crippen LogP contribution is 2.31. The van der Waals surface area contributed by atoms with E-state index in [1.807, 2.05) is 0 Å². The van der Waals surface area contributed by atoms with Gasteiger partial charge in [0, 0.05) is 12.0 Å². The van der Waals surface area contributed by atoms with Crippen molar-refractivity contribution >= 4 is 11.8 Å². The summed E-state index contributed by atoms with van der Waals surface area (Å²) in [5, 5.41) is 0. The van der Waals surface area contributed by atoms with Crippen molar-refractivity contribution in [2.45, 2.75) is 19.4 Å². The third-order valence-electron chi connectivity index (χ3n) is 3.73. The van der Waals surface area contributed by atoms with Gasteiger partial charge in [-0.1, -0.05) is 12.1 Å². The number of halogens is 1. The summed E-state index contributed by atoms with van der Waals surface area (Å²) in [5.41, 5.74) is 1.16. The van der Waals surface area contributed by atoms with Gasteiger partial charge in [0.25, 0.3) is 0 Å². The molecule has 130 valence electrons. The SMILES string of the molecule is O=C(CCC(=O)c1ccc2c(c1)OCCO2)OCc1ccc(F)cc1. The first-order chi connectivity index (χ1) is 12.1. The first-order valence-corrected chi connectivity index (χ1v) is 7.95. The molecule has 0 N–H and O–H groups in total. The second kappa shape index (κ2) is 7.79. The van der Waals surface area contributed by atoms with Crippen LogP contribution in [-0.2, 0) is 16.1 Å². The summed E-state index contributed by atoms with van der Waals surface area (Å²) in [6.45, 7) is 0.984. The van der Waals surface area contributed by atoms with Crippen molar-refractivity contribution in [1.82, 2.24) is 0 Å². The maximum Gasteiger partial charge on any atom is 0.306 e.